The Morgan fingerprint density at radius 3 is 2.08 bits per heavy atom. The Kier molecular flexibility index (Phi) is 4.68. The second-order valence-electron chi connectivity index (χ2n) is 7.58. The van der Waals surface area contributed by atoms with Gasteiger partial charge < -0.3 is 14.7 Å². The SMILES string of the molecule is CN1CCN(c2ccc(C(=O)N(C)C3Cc4ccccc4C3)cc2)CC1. The van der Waals surface area contributed by atoms with Crippen molar-refractivity contribution in [3.63, 3.8) is 0 Å². The van der Waals surface area contributed by atoms with E-state index in [4.69, 9.17) is 0 Å². The average Bonchev–Trinajstić information content (AvgIpc) is 3.12. The number of hydrogen-bond acceptors (Lipinski definition) is 3. The van der Waals surface area contributed by atoms with Crippen LogP contribution in [-0.2, 0) is 12.8 Å². The number of carbonyl (C=O) groups is 1. The largest absolute Gasteiger partial charge is 0.369 e. The third kappa shape index (κ3) is 3.34. The highest BCUT2D eigenvalue weighted by molar-refractivity contribution is 5.94. The Hall–Kier alpha value is -2.33. The van der Waals surface area contributed by atoms with Gasteiger partial charge in [-0.1, -0.05) is 24.3 Å². The summed E-state index contributed by atoms with van der Waals surface area (Å²) < 4.78 is 0. The summed E-state index contributed by atoms with van der Waals surface area (Å²) in [5.74, 6) is 0.118. The maximum atomic E-state index is 12.9. The van der Waals surface area contributed by atoms with Gasteiger partial charge in [-0.25, -0.2) is 0 Å². The lowest BCUT2D eigenvalue weighted by Crippen LogP contribution is -2.44. The Balaban J connectivity index is 1.42. The van der Waals surface area contributed by atoms with E-state index in [1.165, 1.54) is 16.8 Å². The molecule has 0 saturated carbocycles. The molecule has 4 heteroatoms. The van der Waals surface area contributed by atoms with E-state index in [0.29, 0.717) is 0 Å². The molecule has 0 spiro atoms. The van der Waals surface area contributed by atoms with Crippen molar-refractivity contribution < 1.29 is 4.79 Å². The first-order valence-corrected chi connectivity index (χ1v) is 9.49. The van der Waals surface area contributed by atoms with Crippen molar-refractivity contribution in [2.75, 3.05) is 45.2 Å². The minimum Gasteiger partial charge on any atom is -0.369 e. The molecule has 0 radical (unpaired) electrons. The van der Waals surface area contributed by atoms with E-state index >= 15 is 0 Å². The molecule has 1 heterocycles. The van der Waals surface area contributed by atoms with Gasteiger partial charge in [0.2, 0.25) is 0 Å². The number of amides is 1. The van der Waals surface area contributed by atoms with E-state index in [0.717, 1.165) is 44.6 Å². The Bertz CT molecular complexity index is 753. The van der Waals surface area contributed by atoms with Gasteiger partial charge in [0, 0.05) is 50.5 Å². The molecular weight excluding hydrogens is 322 g/mol. The van der Waals surface area contributed by atoms with Gasteiger partial charge in [-0.05, 0) is 55.3 Å². The van der Waals surface area contributed by atoms with Crippen LogP contribution in [0, 0.1) is 0 Å². The third-order valence-electron chi connectivity index (χ3n) is 5.88. The molecule has 0 bridgehead atoms. The predicted molar refractivity (Wildman–Crippen MR) is 106 cm³/mol. The fourth-order valence-corrected chi connectivity index (χ4v) is 4.06. The van der Waals surface area contributed by atoms with Gasteiger partial charge in [-0.2, -0.15) is 0 Å². The number of piperazine rings is 1. The fourth-order valence-electron chi connectivity index (χ4n) is 4.06. The second kappa shape index (κ2) is 7.12. The summed E-state index contributed by atoms with van der Waals surface area (Å²) >= 11 is 0. The van der Waals surface area contributed by atoms with Crippen LogP contribution in [-0.4, -0.2) is 62.0 Å². The zero-order valence-electron chi connectivity index (χ0n) is 15.7. The van der Waals surface area contributed by atoms with Crippen LogP contribution in [0.2, 0.25) is 0 Å². The van der Waals surface area contributed by atoms with E-state index < -0.39 is 0 Å². The van der Waals surface area contributed by atoms with E-state index in [2.05, 4.69) is 53.2 Å². The number of fused-ring (bicyclic) bond motifs is 1. The van der Waals surface area contributed by atoms with Crippen LogP contribution in [0.1, 0.15) is 21.5 Å². The molecule has 4 nitrogen and oxygen atoms in total. The average molecular weight is 349 g/mol. The van der Waals surface area contributed by atoms with E-state index in [9.17, 15) is 4.79 Å². The molecule has 136 valence electrons. The summed E-state index contributed by atoms with van der Waals surface area (Å²) in [5.41, 5.74) is 4.75. The summed E-state index contributed by atoms with van der Waals surface area (Å²) in [7, 11) is 4.10. The number of anilines is 1. The number of benzene rings is 2. The van der Waals surface area contributed by atoms with Gasteiger partial charge >= 0.3 is 0 Å². The first kappa shape index (κ1) is 17.1. The fraction of sp³-hybridized carbons (Fsp3) is 0.409. The minimum atomic E-state index is 0.118. The maximum Gasteiger partial charge on any atom is 0.253 e. The van der Waals surface area contributed by atoms with Crippen molar-refractivity contribution in [2.45, 2.75) is 18.9 Å². The van der Waals surface area contributed by atoms with Gasteiger partial charge in [0.25, 0.3) is 5.91 Å². The van der Waals surface area contributed by atoms with Gasteiger partial charge in [-0.3, -0.25) is 4.79 Å². The molecule has 1 aliphatic carbocycles. The molecule has 0 N–H and O–H groups in total. The van der Waals surface area contributed by atoms with E-state index in [1.807, 2.05) is 24.1 Å². The summed E-state index contributed by atoms with van der Waals surface area (Å²) in [6.45, 7) is 4.27. The van der Waals surface area contributed by atoms with Crippen molar-refractivity contribution >= 4 is 11.6 Å². The van der Waals surface area contributed by atoms with Crippen LogP contribution in [0.3, 0.4) is 0 Å². The van der Waals surface area contributed by atoms with Crippen molar-refractivity contribution in [1.29, 1.82) is 0 Å². The molecule has 2 aliphatic rings. The summed E-state index contributed by atoms with van der Waals surface area (Å²) in [6, 6.07) is 16.9. The van der Waals surface area contributed by atoms with Crippen molar-refractivity contribution in [2.24, 2.45) is 0 Å². The summed E-state index contributed by atoms with van der Waals surface area (Å²) in [6.07, 6.45) is 1.91. The number of carbonyl (C=O) groups excluding carboxylic acids is 1. The molecular formula is C22H27N3O. The van der Waals surface area contributed by atoms with Gasteiger partial charge in [0.1, 0.15) is 0 Å². The summed E-state index contributed by atoms with van der Waals surface area (Å²) in [5, 5.41) is 0. The quantitative estimate of drug-likeness (QED) is 0.852. The van der Waals surface area contributed by atoms with Crippen LogP contribution in [0.15, 0.2) is 48.5 Å². The highest BCUT2D eigenvalue weighted by Gasteiger charge is 2.27. The Morgan fingerprint density at radius 1 is 0.923 bits per heavy atom. The predicted octanol–water partition coefficient (Wildman–Crippen LogP) is 2.68. The van der Waals surface area contributed by atoms with Crippen LogP contribution in [0.5, 0.6) is 0 Å². The molecule has 1 fully saturated rings. The third-order valence-corrected chi connectivity index (χ3v) is 5.88. The zero-order valence-corrected chi connectivity index (χ0v) is 15.7. The van der Waals surface area contributed by atoms with Crippen LogP contribution >= 0.6 is 0 Å². The minimum absolute atomic E-state index is 0.118. The second-order valence-corrected chi connectivity index (χ2v) is 7.58. The standard InChI is InChI=1S/C22H27N3O/c1-23-11-13-25(14-12-23)20-9-7-17(8-10-20)22(26)24(2)21-15-18-5-3-4-6-19(18)16-21/h3-10,21H,11-16H2,1-2H3. The van der Waals surface area contributed by atoms with Gasteiger partial charge in [0.05, 0.1) is 0 Å². The number of rotatable bonds is 3. The van der Waals surface area contributed by atoms with Crippen LogP contribution < -0.4 is 4.90 Å². The lowest BCUT2D eigenvalue weighted by Gasteiger charge is -2.34. The number of likely N-dealkylation sites (N-methyl/N-ethyl adjacent to an activating group) is 2. The lowest BCUT2D eigenvalue weighted by atomic mass is 10.1. The molecule has 4 rings (SSSR count). The Labute approximate surface area is 156 Å². The van der Waals surface area contributed by atoms with Crippen molar-refractivity contribution in [3.05, 3.63) is 65.2 Å². The molecule has 0 aromatic heterocycles. The van der Waals surface area contributed by atoms with Gasteiger partial charge in [0.15, 0.2) is 0 Å². The molecule has 1 amide bonds. The number of nitrogens with zero attached hydrogens (tertiary/aromatic N) is 3. The van der Waals surface area contributed by atoms with E-state index in [1.54, 1.807) is 0 Å². The molecule has 1 aliphatic heterocycles. The monoisotopic (exact) mass is 349 g/mol. The van der Waals surface area contributed by atoms with Crippen molar-refractivity contribution in [3.8, 4) is 0 Å². The zero-order chi connectivity index (χ0) is 18.1. The highest BCUT2D eigenvalue weighted by atomic mass is 16.2. The first-order chi connectivity index (χ1) is 12.6. The lowest BCUT2D eigenvalue weighted by molar-refractivity contribution is 0.0738. The molecule has 26 heavy (non-hydrogen) atoms. The smallest absolute Gasteiger partial charge is 0.253 e. The highest BCUT2D eigenvalue weighted by Crippen LogP contribution is 2.26. The van der Waals surface area contributed by atoms with Crippen LogP contribution in [0.25, 0.3) is 0 Å². The molecule has 0 unspecified atom stereocenters. The number of hydrogen-bond donors (Lipinski definition) is 0. The topological polar surface area (TPSA) is 26.8 Å². The maximum absolute atomic E-state index is 12.9. The first-order valence-electron chi connectivity index (χ1n) is 9.49. The molecule has 2 aromatic carbocycles. The molecule has 2 aromatic rings. The normalized spacial score (nSPS) is 18.0. The molecule has 0 atom stereocenters. The summed E-state index contributed by atoms with van der Waals surface area (Å²) in [4.78, 5) is 19.6. The van der Waals surface area contributed by atoms with Crippen molar-refractivity contribution in [1.82, 2.24) is 9.80 Å². The van der Waals surface area contributed by atoms with Crippen LogP contribution in [0.4, 0.5) is 5.69 Å². The van der Waals surface area contributed by atoms with Gasteiger partial charge in [-0.15, -0.1) is 0 Å². The van der Waals surface area contributed by atoms with E-state index in [-0.39, 0.29) is 11.9 Å². The molecule has 1 saturated heterocycles. The Morgan fingerprint density at radius 2 is 1.50 bits per heavy atom.